The molecule has 0 saturated heterocycles. The molecular formula is C17H26O2. The van der Waals surface area contributed by atoms with Crippen LogP contribution in [0, 0.1) is 5.92 Å². The van der Waals surface area contributed by atoms with E-state index in [0.29, 0.717) is 5.75 Å². The predicted octanol–water partition coefficient (Wildman–Crippen LogP) is 4.98. The minimum absolute atomic E-state index is 0.0595. The van der Waals surface area contributed by atoms with Gasteiger partial charge in [0.15, 0.2) is 0 Å². The maximum absolute atomic E-state index is 12.2. The average molecular weight is 262 g/mol. The summed E-state index contributed by atoms with van der Waals surface area (Å²) in [6, 6.07) is 9.37. The maximum atomic E-state index is 12.2. The summed E-state index contributed by atoms with van der Waals surface area (Å²) in [4.78, 5) is 12.2. The lowest BCUT2D eigenvalue weighted by Crippen LogP contribution is -2.20. The Morgan fingerprint density at radius 3 is 2.26 bits per heavy atom. The largest absolute Gasteiger partial charge is 0.426 e. The monoisotopic (exact) mass is 262 g/mol. The van der Waals surface area contributed by atoms with Crippen LogP contribution in [0.25, 0.3) is 0 Å². The van der Waals surface area contributed by atoms with Gasteiger partial charge in [0, 0.05) is 0 Å². The summed E-state index contributed by atoms with van der Waals surface area (Å²) < 4.78 is 5.47. The highest BCUT2D eigenvalue weighted by Gasteiger charge is 2.19. The smallest absolute Gasteiger partial charge is 0.314 e. The van der Waals surface area contributed by atoms with Gasteiger partial charge in [-0.15, -0.1) is 0 Å². The number of unbranched alkanes of at least 4 members (excludes halogenated alkanes) is 3. The first-order chi connectivity index (χ1) is 9.27. The van der Waals surface area contributed by atoms with E-state index >= 15 is 0 Å². The molecule has 106 valence electrons. The quantitative estimate of drug-likeness (QED) is 0.356. The van der Waals surface area contributed by atoms with Gasteiger partial charge in [-0.2, -0.15) is 0 Å². The second kappa shape index (κ2) is 9.60. The average Bonchev–Trinajstić information content (AvgIpc) is 2.43. The van der Waals surface area contributed by atoms with Crippen LogP contribution in [0.5, 0.6) is 5.75 Å². The van der Waals surface area contributed by atoms with Crippen LogP contribution in [0.3, 0.4) is 0 Å². The molecule has 0 saturated carbocycles. The van der Waals surface area contributed by atoms with Crippen LogP contribution in [-0.2, 0) is 4.79 Å². The highest BCUT2D eigenvalue weighted by molar-refractivity contribution is 5.75. The Balaban J connectivity index is 2.49. The highest BCUT2D eigenvalue weighted by Crippen LogP contribution is 2.20. The molecule has 2 nitrogen and oxygen atoms in total. The first-order valence-corrected chi connectivity index (χ1v) is 7.54. The van der Waals surface area contributed by atoms with Crippen molar-refractivity contribution in [1.82, 2.24) is 0 Å². The third kappa shape index (κ3) is 6.42. The molecule has 1 atom stereocenters. The van der Waals surface area contributed by atoms with E-state index in [0.717, 1.165) is 32.1 Å². The Hall–Kier alpha value is -1.31. The van der Waals surface area contributed by atoms with E-state index in [1.54, 1.807) is 0 Å². The van der Waals surface area contributed by atoms with Crippen molar-refractivity contribution < 1.29 is 9.53 Å². The summed E-state index contributed by atoms with van der Waals surface area (Å²) >= 11 is 0. The molecule has 1 rings (SSSR count). The minimum atomic E-state index is -0.0595. The number of para-hydroxylation sites is 1. The lowest BCUT2D eigenvalue weighted by Gasteiger charge is -2.15. The zero-order valence-electron chi connectivity index (χ0n) is 12.2. The van der Waals surface area contributed by atoms with E-state index in [-0.39, 0.29) is 11.9 Å². The SMILES string of the molecule is CCCCCC(CCCC)C(=O)Oc1ccccc1. The second-order valence-electron chi connectivity index (χ2n) is 5.07. The summed E-state index contributed by atoms with van der Waals surface area (Å²) in [7, 11) is 0. The van der Waals surface area contributed by atoms with Crippen molar-refractivity contribution in [3.05, 3.63) is 30.3 Å². The fraction of sp³-hybridized carbons (Fsp3) is 0.588. The lowest BCUT2D eigenvalue weighted by atomic mass is 9.95. The van der Waals surface area contributed by atoms with Gasteiger partial charge in [-0.3, -0.25) is 4.79 Å². The molecule has 0 bridgehead atoms. The standard InChI is InChI=1S/C17H26O2/c1-3-5-8-12-15(11-6-4-2)17(18)19-16-13-9-7-10-14-16/h7,9-10,13-15H,3-6,8,11-12H2,1-2H3. The molecule has 0 amide bonds. The summed E-state index contributed by atoms with van der Waals surface area (Å²) in [6.45, 7) is 4.34. The first kappa shape index (κ1) is 15.7. The van der Waals surface area contributed by atoms with Crippen molar-refractivity contribution in [2.24, 2.45) is 5.92 Å². The van der Waals surface area contributed by atoms with E-state index in [1.807, 2.05) is 30.3 Å². The van der Waals surface area contributed by atoms with Gasteiger partial charge in [0.25, 0.3) is 0 Å². The van der Waals surface area contributed by atoms with Crippen LogP contribution >= 0.6 is 0 Å². The molecule has 0 spiro atoms. The molecule has 0 fully saturated rings. The normalized spacial score (nSPS) is 12.1. The molecule has 1 unspecified atom stereocenters. The van der Waals surface area contributed by atoms with Crippen LogP contribution in [0.15, 0.2) is 30.3 Å². The highest BCUT2D eigenvalue weighted by atomic mass is 16.5. The van der Waals surface area contributed by atoms with Gasteiger partial charge >= 0.3 is 5.97 Å². The molecule has 0 aliphatic heterocycles. The molecule has 2 heteroatoms. The Labute approximate surface area is 117 Å². The third-order valence-electron chi connectivity index (χ3n) is 3.36. The zero-order chi connectivity index (χ0) is 13.9. The fourth-order valence-electron chi connectivity index (χ4n) is 2.16. The molecule has 0 radical (unpaired) electrons. The van der Waals surface area contributed by atoms with Crippen LogP contribution < -0.4 is 4.74 Å². The van der Waals surface area contributed by atoms with E-state index in [1.165, 1.54) is 12.8 Å². The Morgan fingerprint density at radius 1 is 1.00 bits per heavy atom. The molecular weight excluding hydrogens is 236 g/mol. The van der Waals surface area contributed by atoms with Crippen molar-refractivity contribution in [1.29, 1.82) is 0 Å². The summed E-state index contributed by atoms with van der Waals surface area (Å²) in [5, 5.41) is 0. The fourth-order valence-corrected chi connectivity index (χ4v) is 2.16. The minimum Gasteiger partial charge on any atom is -0.426 e. The Bertz CT molecular complexity index is 346. The summed E-state index contributed by atoms with van der Waals surface area (Å²) in [6.07, 6.45) is 7.64. The molecule has 0 aliphatic rings. The lowest BCUT2D eigenvalue weighted by molar-refractivity contribution is -0.139. The number of rotatable bonds is 9. The van der Waals surface area contributed by atoms with Crippen molar-refractivity contribution in [2.45, 2.75) is 58.8 Å². The van der Waals surface area contributed by atoms with Gasteiger partial charge < -0.3 is 4.74 Å². The van der Waals surface area contributed by atoms with Crippen molar-refractivity contribution in [3.63, 3.8) is 0 Å². The molecule has 0 heterocycles. The van der Waals surface area contributed by atoms with Crippen molar-refractivity contribution >= 4 is 5.97 Å². The van der Waals surface area contributed by atoms with Crippen molar-refractivity contribution in [3.8, 4) is 5.75 Å². The number of esters is 1. The van der Waals surface area contributed by atoms with E-state index < -0.39 is 0 Å². The van der Waals surface area contributed by atoms with E-state index in [4.69, 9.17) is 4.74 Å². The van der Waals surface area contributed by atoms with Crippen molar-refractivity contribution in [2.75, 3.05) is 0 Å². The summed E-state index contributed by atoms with van der Waals surface area (Å²) in [5.74, 6) is 0.659. The van der Waals surface area contributed by atoms with Gasteiger partial charge in [0.05, 0.1) is 5.92 Å². The molecule has 1 aromatic carbocycles. The predicted molar refractivity (Wildman–Crippen MR) is 79.2 cm³/mol. The maximum Gasteiger partial charge on any atom is 0.314 e. The van der Waals surface area contributed by atoms with Gasteiger partial charge in [-0.05, 0) is 25.0 Å². The van der Waals surface area contributed by atoms with Gasteiger partial charge in [-0.1, -0.05) is 64.2 Å². The Morgan fingerprint density at radius 2 is 1.63 bits per heavy atom. The van der Waals surface area contributed by atoms with Gasteiger partial charge in [0.1, 0.15) is 5.75 Å². The third-order valence-corrected chi connectivity index (χ3v) is 3.36. The van der Waals surface area contributed by atoms with E-state index in [2.05, 4.69) is 13.8 Å². The van der Waals surface area contributed by atoms with Gasteiger partial charge in [-0.25, -0.2) is 0 Å². The zero-order valence-corrected chi connectivity index (χ0v) is 12.2. The first-order valence-electron chi connectivity index (χ1n) is 7.54. The molecule has 1 aromatic rings. The molecule has 0 aromatic heterocycles. The van der Waals surface area contributed by atoms with Crippen LogP contribution in [0.4, 0.5) is 0 Å². The Kier molecular flexibility index (Phi) is 7.95. The summed E-state index contributed by atoms with van der Waals surface area (Å²) in [5.41, 5.74) is 0. The number of hydrogen-bond donors (Lipinski definition) is 0. The molecule has 0 aliphatic carbocycles. The van der Waals surface area contributed by atoms with Crippen LogP contribution in [0.1, 0.15) is 58.8 Å². The number of benzene rings is 1. The number of carbonyl (C=O) groups is 1. The van der Waals surface area contributed by atoms with Gasteiger partial charge in [0.2, 0.25) is 0 Å². The van der Waals surface area contributed by atoms with Crippen LogP contribution in [0.2, 0.25) is 0 Å². The second-order valence-corrected chi connectivity index (χ2v) is 5.07. The number of carbonyl (C=O) groups excluding carboxylic acids is 1. The number of ether oxygens (including phenoxy) is 1. The molecule has 19 heavy (non-hydrogen) atoms. The molecule has 0 N–H and O–H groups in total. The topological polar surface area (TPSA) is 26.3 Å². The van der Waals surface area contributed by atoms with Crippen LogP contribution in [-0.4, -0.2) is 5.97 Å². The number of hydrogen-bond acceptors (Lipinski definition) is 2. The van der Waals surface area contributed by atoms with E-state index in [9.17, 15) is 4.79 Å².